The van der Waals surface area contributed by atoms with Crippen molar-refractivity contribution >= 4 is 28.5 Å². The lowest BCUT2D eigenvalue weighted by Crippen LogP contribution is -2.48. The summed E-state index contributed by atoms with van der Waals surface area (Å²) >= 11 is 0. The molecule has 0 radical (unpaired) electrons. The van der Waals surface area contributed by atoms with E-state index in [1.807, 2.05) is 72.5 Å². The Bertz CT molecular complexity index is 1320. The van der Waals surface area contributed by atoms with Gasteiger partial charge < -0.3 is 14.6 Å². The second-order valence-electron chi connectivity index (χ2n) is 8.68. The number of benzene rings is 3. The maximum absolute atomic E-state index is 13.5. The van der Waals surface area contributed by atoms with Crippen molar-refractivity contribution in [3.8, 4) is 0 Å². The van der Waals surface area contributed by atoms with Crippen LogP contribution in [0.5, 0.6) is 0 Å². The number of furan rings is 1. The molecule has 6 nitrogen and oxygen atoms in total. The molecule has 172 valence electrons. The molecule has 1 N–H and O–H groups in total. The number of carbonyl (C=O) groups is 2. The van der Waals surface area contributed by atoms with Crippen LogP contribution in [0.4, 0.5) is 5.69 Å². The summed E-state index contributed by atoms with van der Waals surface area (Å²) in [5.74, 6) is -0.286. The van der Waals surface area contributed by atoms with Crippen LogP contribution in [0, 0.1) is 6.92 Å². The van der Waals surface area contributed by atoms with Gasteiger partial charge in [-0.05, 0) is 36.8 Å². The van der Waals surface area contributed by atoms with E-state index >= 15 is 0 Å². The Kier molecular flexibility index (Phi) is 6.14. The van der Waals surface area contributed by atoms with Crippen molar-refractivity contribution in [1.82, 2.24) is 9.80 Å². The van der Waals surface area contributed by atoms with Crippen LogP contribution in [0.3, 0.4) is 0 Å². The average molecular weight is 454 g/mol. The van der Waals surface area contributed by atoms with Crippen molar-refractivity contribution in [2.45, 2.75) is 13.5 Å². The molecule has 0 aliphatic carbocycles. The predicted molar refractivity (Wildman–Crippen MR) is 133 cm³/mol. The van der Waals surface area contributed by atoms with Gasteiger partial charge in [0.2, 0.25) is 5.76 Å². The molecular weight excluding hydrogens is 426 g/mol. The van der Waals surface area contributed by atoms with Gasteiger partial charge in [-0.15, -0.1) is 0 Å². The van der Waals surface area contributed by atoms with Gasteiger partial charge >= 0.3 is 0 Å². The van der Waals surface area contributed by atoms with Crippen molar-refractivity contribution in [1.29, 1.82) is 0 Å². The van der Waals surface area contributed by atoms with E-state index in [2.05, 4.69) is 22.3 Å². The highest BCUT2D eigenvalue weighted by Crippen LogP contribution is 2.32. The number of anilines is 1. The first-order valence-corrected chi connectivity index (χ1v) is 11.5. The number of fused-ring (bicyclic) bond motifs is 1. The molecular formula is C28H27N3O3. The monoisotopic (exact) mass is 453 g/mol. The highest BCUT2D eigenvalue weighted by molar-refractivity contribution is 6.14. The lowest BCUT2D eigenvalue weighted by Gasteiger charge is -2.34. The fourth-order valence-electron chi connectivity index (χ4n) is 4.39. The summed E-state index contributed by atoms with van der Waals surface area (Å²) in [4.78, 5) is 30.6. The van der Waals surface area contributed by atoms with E-state index in [0.717, 1.165) is 30.6 Å². The van der Waals surface area contributed by atoms with Crippen molar-refractivity contribution in [3.05, 3.63) is 101 Å². The second-order valence-corrected chi connectivity index (χ2v) is 8.68. The Morgan fingerprint density at radius 2 is 1.62 bits per heavy atom. The number of nitrogens with one attached hydrogen (secondary N) is 1. The van der Waals surface area contributed by atoms with E-state index in [9.17, 15) is 9.59 Å². The molecule has 4 aromatic rings. The average Bonchev–Trinajstić information content (AvgIpc) is 3.23. The third-order valence-corrected chi connectivity index (χ3v) is 6.22. The van der Waals surface area contributed by atoms with E-state index in [1.54, 1.807) is 6.07 Å². The zero-order valence-corrected chi connectivity index (χ0v) is 19.2. The van der Waals surface area contributed by atoms with E-state index in [-0.39, 0.29) is 17.6 Å². The fraction of sp³-hybridized carbons (Fsp3) is 0.214. The van der Waals surface area contributed by atoms with Crippen molar-refractivity contribution in [2.75, 3.05) is 31.5 Å². The molecule has 1 aromatic heterocycles. The molecule has 3 aromatic carbocycles. The third kappa shape index (κ3) is 4.58. The first-order chi connectivity index (χ1) is 16.6. The standard InChI is InChI=1S/C28H27N3O3/c1-20-8-7-11-22(18-20)27(32)29-25-23-12-5-6-13-24(23)34-26(25)28(33)31-16-14-30(15-17-31)19-21-9-3-2-4-10-21/h2-13,18H,14-17,19H2,1H3,(H,29,32). The van der Waals surface area contributed by atoms with E-state index in [4.69, 9.17) is 4.42 Å². The molecule has 1 aliphatic heterocycles. The number of hydrogen-bond acceptors (Lipinski definition) is 4. The molecule has 0 bridgehead atoms. The zero-order chi connectivity index (χ0) is 23.5. The topological polar surface area (TPSA) is 65.8 Å². The number of piperazine rings is 1. The van der Waals surface area contributed by atoms with Crippen LogP contribution in [-0.4, -0.2) is 47.8 Å². The third-order valence-electron chi connectivity index (χ3n) is 6.22. The minimum atomic E-state index is -0.267. The fourth-order valence-corrected chi connectivity index (χ4v) is 4.39. The molecule has 5 rings (SSSR count). The lowest BCUT2D eigenvalue weighted by molar-refractivity contribution is 0.0601. The smallest absolute Gasteiger partial charge is 0.291 e. The minimum Gasteiger partial charge on any atom is -0.449 e. The van der Waals surface area contributed by atoms with Crippen LogP contribution in [0.25, 0.3) is 11.0 Å². The Morgan fingerprint density at radius 3 is 2.38 bits per heavy atom. The quantitative estimate of drug-likeness (QED) is 0.464. The van der Waals surface area contributed by atoms with Gasteiger partial charge in [0.15, 0.2) is 0 Å². The summed E-state index contributed by atoms with van der Waals surface area (Å²) in [7, 11) is 0. The molecule has 6 heteroatoms. The molecule has 0 spiro atoms. The molecule has 0 unspecified atom stereocenters. The van der Waals surface area contributed by atoms with Crippen LogP contribution < -0.4 is 5.32 Å². The van der Waals surface area contributed by atoms with Crippen LogP contribution in [0.1, 0.15) is 32.0 Å². The number of amides is 2. The minimum absolute atomic E-state index is 0.179. The highest BCUT2D eigenvalue weighted by Gasteiger charge is 2.29. The number of nitrogens with zero attached hydrogens (tertiary/aromatic N) is 2. The zero-order valence-electron chi connectivity index (χ0n) is 19.2. The van der Waals surface area contributed by atoms with Gasteiger partial charge in [0.05, 0.1) is 0 Å². The Labute approximate surface area is 198 Å². The molecule has 1 fully saturated rings. The molecule has 34 heavy (non-hydrogen) atoms. The molecule has 2 amide bonds. The summed E-state index contributed by atoms with van der Waals surface area (Å²) in [5.41, 5.74) is 3.81. The Hall–Kier alpha value is -3.90. The number of carbonyl (C=O) groups excluding carboxylic acids is 2. The van der Waals surface area contributed by atoms with E-state index < -0.39 is 0 Å². The Balaban J connectivity index is 1.35. The van der Waals surface area contributed by atoms with Crippen LogP contribution >= 0.6 is 0 Å². The first kappa shape index (κ1) is 21.9. The van der Waals surface area contributed by atoms with Gasteiger partial charge in [-0.3, -0.25) is 14.5 Å². The summed E-state index contributed by atoms with van der Waals surface area (Å²) in [6, 6.07) is 25.1. The van der Waals surface area contributed by atoms with Crippen LogP contribution in [0.15, 0.2) is 83.3 Å². The lowest BCUT2D eigenvalue weighted by atomic mass is 10.1. The SMILES string of the molecule is Cc1cccc(C(=O)Nc2c(C(=O)N3CCN(Cc4ccccc4)CC3)oc3ccccc23)c1. The number of para-hydroxylation sites is 1. The summed E-state index contributed by atoms with van der Waals surface area (Å²) in [6.07, 6.45) is 0. The van der Waals surface area contributed by atoms with Crippen molar-refractivity contribution in [2.24, 2.45) is 0 Å². The van der Waals surface area contributed by atoms with Gasteiger partial charge in [0.25, 0.3) is 11.8 Å². The molecule has 1 saturated heterocycles. The maximum atomic E-state index is 13.5. The number of rotatable bonds is 5. The van der Waals surface area contributed by atoms with E-state index in [1.165, 1.54) is 5.56 Å². The molecule has 0 saturated carbocycles. The van der Waals surface area contributed by atoms with Gasteiger partial charge in [0, 0.05) is 43.7 Å². The first-order valence-electron chi connectivity index (χ1n) is 11.5. The van der Waals surface area contributed by atoms with Crippen LogP contribution in [0.2, 0.25) is 0 Å². The molecule has 1 aliphatic rings. The normalized spacial score (nSPS) is 14.3. The maximum Gasteiger partial charge on any atom is 0.291 e. The summed E-state index contributed by atoms with van der Waals surface area (Å²) < 4.78 is 5.98. The number of hydrogen-bond donors (Lipinski definition) is 1. The van der Waals surface area contributed by atoms with Crippen LogP contribution in [-0.2, 0) is 6.54 Å². The second kappa shape index (κ2) is 9.53. The molecule has 2 heterocycles. The summed E-state index contributed by atoms with van der Waals surface area (Å²) in [6.45, 7) is 5.58. The van der Waals surface area contributed by atoms with Gasteiger partial charge in [-0.2, -0.15) is 0 Å². The van der Waals surface area contributed by atoms with E-state index in [0.29, 0.717) is 29.9 Å². The van der Waals surface area contributed by atoms with Gasteiger partial charge in [-0.1, -0.05) is 60.2 Å². The number of aryl methyl sites for hydroxylation is 1. The predicted octanol–water partition coefficient (Wildman–Crippen LogP) is 4.95. The summed E-state index contributed by atoms with van der Waals surface area (Å²) in [5, 5.41) is 3.67. The van der Waals surface area contributed by atoms with Crippen molar-refractivity contribution in [3.63, 3.8) is 0 Å². The van der Waals surface area contributed by atoms with Gasteiger partial charge in [0.1, 0.15) is 11.3 Å². The Morgan fingerprint density at radius 1 is 0.882 bits per heavy atom. The molecule has 0 atom stereocenters. The van der Waals surface area contributed by atoms with Crippen molar-refractivity contribution < 1.29 is 14.0 Å². The van der Waals surface area contributed by atoms with Gasteiger partial charge in [-0.25, -0.2) is 0 Å². The highest BCUT2D eigenvalue weighted by atomic mass is 16.3. The largest absolute Gasteiger partial charge is 0.449 e.